The van der Waals surface area contributed by atoms with Crippen molar-refractivity contribution in [1.29, 1.82) is 0 Å². The fraction of sp³-hybridized carbons (Fsp3) is 0.955. The maximum Gasteiger partial charge on any atom is 0.249 e. The summed E-state index contributed by atoms with van der Waals surface area (Å²) in [5, 5.41) is 54.4. The fourth-order valence-electron chi connectivity index (χ4n) is 5.02. The molecule has 1 amide bonds. The Labute approximate surface area is 220 Å². The molecule has 3 aliphatic rings. The third-order valence-electron chi connectivity index (χ3n) is 7.37. The van der Waals surface area contributed by atoms with Gasteiger partial charge >= 0.3 is 0 Å². The van der Waals surface area contributed by atoms with Crippen LogP contribution >= 0.6 is 0 Å². The van der Waals surface area contributed by atoms with E-state index >= 15 is 0 Å². The second kappa shape index (κ2) is 14.0. The highest BCUT2D eigenvalue weighted by atomic mass is 16.7. The number of nitrogens with one attached hydrogen (secondary N) is 1. The van der Waals surface area contributed by atoms with Gasteiger partial charge in [0.1, 0.15) is 42.7 Å². The van der Waals surface area contributed by atoms with Gasteiger partial charge in [-0.3, -0.25) is 4.79 Å². The van der Waals surface area contributed by atoms with E-state index in [1.165, 1.54) is 0 Å². The van der Waals surface area contributed by atoms with E-state index in [4.69, 9.17) is 47.6 Å². The molecule has 1 saturated carbocycles. The van der Waals surface area contributed by atoms with Gasteiger partial charge in [-0.25, -0.2) is 0 Å². The molecule has 38 heavy (non-hydrogen) atoms. The van der Waals surface area contributed by atoms with Gasteiger partial charge in [-0.2, -0.15) is 0 Å². The first-order valence-corrected chi connectivity index (χ1v) is 12.9. The van der Waals surface area contributed by atoms with Crippen LogP contribution in [0.2, 0.25) is 0 Å². The lowest BCUT2D eigenvalue weighted by molar-refractivity contribution is -0.314. The first-order chi connectivity index (χ1) is 18.0. The molecule has 2 aliphatic heterocycles. The fourth-order valence-corrected chi connectivity index (χ4v) is 5.02. The van der Waals surface area contributed by atoms with Crippen molar-refractivity contribution >= 4 is 5.91 Å². The molecule has 14 atom stereocenters. The Kier molecular flexibility index (Phi) is 11.6. The number of hydrogen-bond acceptors (Lipinski definition) is 15. The number of nitrogens with two attached hydrogens (primary N) is 5. The third-order valence-corrected chi connectivity index (χ3v) is 7.37. The minimum absolute atomic E-state index is 0.000983. The quantitative estimate of drug-likeness (QED) is 0.120. The summed E-state index contributed by atoms with van der Waals surface area (Å²) in [4.78, 5) is 12.6. The van der Waals surface area contributed by atoms with Crippen LogP contribution in [0, 0.1) is 0 Å². The van der Waals surface area contributed by atoms with Gasteiger partial charge in [-0.15, -0.1) is 0 Å². The molecule has 0 aromatic carbocycles. The van der Waals surface area contributed by atoms with Gasteiger partial charge in [0.25, 0.3) is 0 Å². The minimum Gasteiger partial charge on any atom is -0.394 e. The standard InChI is InChI=1S/C22H44N6O10/c23-4-3-12(30)20(34)28-11-5-10(26)18(37-21-9(25)2-1-8(6-24)35-21)17(33)19(11)38-22-16(32)14(27)15(31)13(7-29)36-22/h8-19,21-22,29-33H,1-7,23-27H2,(H,28,34)/t8-,9+,10+,11-,12-,13+,14-,15-,16+,17-,18+,19+,21-,22-/m1/s1. The summed E-state index contributed by atoms with van der Waals surface area (Å²) >= 11 is 0. The summed E-state index contributed by atoms with van der Waals surface area (Å²) in [6.45, 7) is -0.296. The van der Waals surface area contributed by atoms with Gasteiger partial charge < -0.3 is 78.5 Å². The Morgan fingerprint density at radius 1 is 0.947 bits per heavy atom. The molecule has 16 nitrogen and oxygen atoms in total. The molecule has 0 spiro atoms. The highest BCUT2D eigenvalue weighted by Gasteiger charge is 2.51. The van der Waals surface area contributed by atoms with E-state index in [-0.39, 0.29) is 32.0 Å². The van der Waals surface area contributed by atoms with Crippen LogP contribution in [-0.4, -0.2) is 137 Å². The van der Waals surface area contributed by atoms with Crippen LogP contribution in [0.5, 0.6) is 0 Å². The van der Waals surface area contributed by atoms with Crippen molar-refractivity contribution in [1.82, 2.24) is 5.32 Å². The van der Waals surface area contributed by atoms with Crippen LogP contribution in [-0.2, 0) is 23.7 Å². The molecule has 3 rings (SSSR count). The molecule has 0 unspecified atom stereocenters. The molecule has 0 bridgehead atoms. The summed E-state index contributed by atoms with van der Waals surface area (Å²) < 4.78 is 23.3. The number of amides is 1. The van der Waals surface area contributed by atoms with Gasteiger partial charge in [-0.05, 0) is 32.2 Å². The lowest BCUT2D eigenvalue weighted by Gasteiger charge is -2.48. The predicted molar refractivity (Wildman–Crippen MR) is 131 cm³/mol. The van der Waals surface area contributed by atoms with E-state index < -0.39 is 92.0 Å². The van der Waals surface area contributed by atoms with E-state index in [2.05, 4.69) is 5.32 Å². The lowest BCUT2D eigenvalue weighted by atomic mass is 9.83. The summed E-state index contributed by atoms with van der Waals surface area (Å²) in [7, 11) is 0. The zero-order valence-corrected chi connectivity index (χ0v) is 21.2. The topological polar surface area (TPSA) is 297 Å². The van der Waals surface area contributed by atoms with Gasteiger partial charge in [-0.1, -0.05) is 0 Å². The highest BCUT2D eigenvalue weighted by molar-refractivity contribution is 5.80. The van der Waals surface area contributed by atoms with Crippen molar-refractivity contribution in [3.05, 3.63) is 0 Å². The Morgan fingerprint density at radius 3 is 2.26 bits per heavy atom. The van der Waals surface area contributed by atoms with E-state index in [0.29, 0.717) is 12.8 Å². The first kappa shape index (κ1) is 31.4. The lowest BCUT2D eigenvalue weighted by Crippen LogP contribution is -2.69. The molecule has 2 saturated heterocycles. The average molecular weight is 553 g/mol. The van der Waals surface area contributed by atoms with Gasteiger partial charge in [0.05, 0.1) is 30.8 Å². The van der Waals surface area contributed by atoms with Crippen molar-refractivity contribution in [2.75, 3.05) is 19.7 Å². The van der Waals surface area contributed by atoms with Crippen LogP contribution in [0.1, 0.15) is 25.7 Å². The monoisotopic (exact) mass is 552 g/mol. The second-order valence-corrected chi connectivity index (χ2v) is 10.2. The molecule has 1 aliphatic carbocycles. The summed E-state index contributed by atoms with van der Waals surface area (Å²) in [5.41, 5.74) is 29.6. The van der Waals surface area contributed by atoms with Crippen molar-refractivity contribution in [2.24, 2.45) is 28.7 Å². The van der Waals surface area contributed by atoms with Crippen molar-refractivity contribution in [3.8, 4) is 0 Å². The number of hydrogen-bond donors (Lipinski definition) is 11. The normalized spacial score (nSPS) is 44.9. The molecule has 0 aromatic rings. The molecule has 222 valence electrons. The number of carbonyl (C=O) groups excluding carboxylic acids is 1. The molecule has 2 heterocycles. The largest absolute Gasteiger partial charge is 0.394 e. The Bertz CT molecular complexity index is 755. The molecule has 16 N–H and O–H groups in total. The molecule has 3 fully saturated rings. The van der Waals surface area contributed by atoms with E-state index in [1.807, 2.05) is 0 Å². The zero-order chi connectivity index (χ0) is 28.1. The predicted octanol–water partition coefficient (Wildman–Crippen LogP) is -6.40. The van der Waals surface area contributed by atoms with Crippen LogP contribution in [0.4, 0.5) is 0 Å². The molecular formula is C22H44N6O10. The van der Waals surface area contributed by atoms with Gasteiger partial charge in [0.15, 0.2) is 12.6 Å². The number of carbonyl (C=O) groups is 1. The Hall–Kier alpha value is -1.09. The van der Waals surface area contributed by atoms with Crippen LogP contribution < -0.4 is 34.0 Å². The smallest absolute Gasteiger partial charge is 0.249 e. The Balaban J connectivity index is 1.82. The van der Waals surface area contributed by atoms with Crippen molar-refractivity contribution in [2.45, 2.75) is 111 Å². The van der Waals surface area contributed by atoms with Crippen molar-refractivity contribution in [3.63, 3.8) is 0 Å². The first-order valence-electron chi connectivity index (χ1n) is 12.9. The van der Waals surface area contributed by atoms with E-state index in [9.17, 15) is 30.3 Å². The average Bonchev–Trinajstić information content (AvgIpc) is 2.89. The second-order valence-electron chi connectivity index (χ2n) is 10.2. The maximum atomic E-state index is 12.6. The van der Waals surface area contributed by atoms with Crippen molar-refractivity contribution < 1.29 is 49.3 Å². The van der Waals surface area contributed by atoms with Crippen LogP contribution in [0.25, 0.3) is 0 Å². The van der Waals surface area contributed by atoms with Crippen LogP contribution in [0.3, 0.4) is 0 Å². The minimum atomic E-state index is -1.55. The van der Waals surface area contributed by atoms with Crippen LogP contribution in [0.15, 0.2) is 0 Å². The third kappa shape index (κ3) is 7.15. The maximum absolute atomic E-state index is 12.6. The number of rotatable bonds is 10. The number of ether oxygens (including phenoxy) is 4. The van der Waals surface area contributed by atoms with E-state index in [1.54, 1.807) is 0 Å². The van der Waals surface area contributed by atoms with E-state index in [0.717, 1.165) is 0 Å². The molecule has 16 heteroatoms. The van der Waals surface area contributed by atoms with Gasteiger partial charge in [0, 0.05) is 12.6 Å². The summed E-state index contributed by atoms with van der Waals surface area (Å²) in [6.07, 6.45) is -10.8. The summed E-state index contributed by atoms with van der Waals surface area (Å²) in [5.74, 6) is -0.762. The highest BCUT2D eigenvalue weighted by Crippen LogP contribution is 2.31. The SMILES string of the molecule is NCC[C@@H](O)C(=O)N[C@@H]1C[C@H](N)[C@H](O[C@H]2O[C@@H](CN)CC[C@@H]2N)[C@@H](O)[C@H]1O[C@H]1O[C@@H](CO)[C@@H](O)[C@@H](N)[C@@H]1O. The summed E-state index contributed by atoms with van der Waals surface area (Å²) in [6, 6.07) is -3.54. The number of aliphatic hydroxyl groups is 5. The molecule has 0 radical (unpaired) electrons. The molecule has 0 aromatic heterocycles. The Morgan fingerprint density at radius 2 is 1.63 bits per heavy atom. The van der Waals surface area contributed by atoms with Gasteiger partial charge in [0.2, 0.25) is 5.91 Å². The zero-order valence-electron chi connectivity index (χ0n) is 21.2. The molecular weight excluding hydrogens is 508 g/mol. The number of aliphatic hydroxyl groups excluding tert-OH is 5.